The summed E-state index contributed by atoms with van der Waals surface area (Å²) in [5, 5.41) is 6.02. The highest BCUT2D eigenvalue weighted by atomic mass is 16.5. The van der Waals surface area contributed by atoms with Crippen molar-refractivity contribution < 1.29 is 14.3 Å². The van der Waals surface area contributed by atoms with E-state index in [1.165, 1.54) is 0 Å². The minimum atomic E-state index is -0.343. The first kappa shape index (κ1) is 18.5. The summed E-state index contributed by atoms with van der Waals surface area (Å²) in [6.07, 6.45) is 0. The minimum Gasteiger partial charge on any atom is -0.497 e. The third-order valence-corrected chi connectivity index (χ3v) is 3.42. The molecule has 25 heavy (non-hydrogen) atoms. The van der Waals surface area contributed by atoms with Crippen molar-refractivity contribution in [1.29, 1.82) is 0 Å². The van der Waals surface area contributed by atoms with E-state index in [0.717, 1.165) is 6.54 Å². The molecule has 1 heterocycles. The maximum atomic E-state index is 12.6. The van der Waals surface area contributed by atoms with Gasteiger partial charge in [0.2, 0.25) is 0 Å². The van der Waals surface area contributed by atoms with Gasteiger partial charge in [-0.15, -0.1) is 0 Å². The van der Waals surface area contributed by atoms with Gasteiger partial charge in [0, 0.05) is 18.7 Å². The molecule has 7 heteroatoms. The number of hydrogen-bond acceptors (Lipinski definition) is 6. The summed E-state index contributed by atoms with van der Waals surface area (Å²) in [6, 6.07) is 6.83. The van der Waals surface area contributed by atoms with Crippen molar-refractivity contribution in [1.82, 2.24) is 9.97 Å². The molecule has 1 aromatic carbocycles. The van der Waals surface area contributed by atoms with E-state index >= 15 is 0 Å². The molecule has 2 aromatic rings. The number of anilines is 2. The van der Waals surface area contributed by atoms with Gasteiger partial charge in [0.1, 0.15) is 28.8 Å². The molecule has 0 bridgehead atoms. The molecule has 0 radical (unpaired) electrons. The van der Waals surface area contributed by atoms with Crippen molar-refractivity contribution in [3.05, 3.63) is 35.8 Å². The summed E-state index contributed by atoms with van der Waals surface area (Å²) in [5.74, 6) is 2.44. The Morgan fingerprint density at radius 3 is 2.56 bits per heavy atom. The SMILES string of the molecule is COc1ccc(OC)c(NC(=O)c2cc(NCC(C)C)nc(C)n2)c1. The van der Waals surface area contributed by atoms with Crippen LogP contribution in [0.15, 0.2) is 24.3 Å². The molecule has 0 spiro atoms. The molecule has 0 aliphatic rings. The first-order chi connectivity index (χ1) is 11.9. The third kappa shape index (κ3) is 5.07. The van der Waals surface area contributed by atoms with Crippen molar-refractivity contribution >= 4 is 17.4 Å². The van der Waals surface area contributed by atoms with Crippen molar-refractivity contribution in [3.8, 4) is 11.5 Å². The van der Waals surface area contributed by atoms with Crippen molar-refractivity contribution in [2.45, 2.75) is 20.8 Å². The maximum absolute atomic E-state index is 12.6. The second-order valence-electron chi connectivity index (χ2n) is 5.98. The van der Waals surface area contributed by atoms with E-state index < -0.39 is 0 Å². The number of nitrogens with zero attached hydrogens (tertiary/aromatic N) is 2. The highest BCUT2D eigenvalue weighted by Crippen LogP contribution is 2.29. The number of ether oxygens (including phenoxy) is 2. The molecule has 2 N–H and O–H groups in total. The van der Waals surface area contributed by atoms with Crippen LogP contribution < -0.4 is 20.1 Å². The van der Waals surface area contributed by atoms with Crippen LogP contribution in [0.4, 0.5) is 11.5 Å². The van der Waals surface area contributed by atoms with E-state index in [1.54, 1.807) is 45.4 Å². The number of benzene rings is 1. The molecule has 2 rings (SSSR count). The number of rotatable bonds is 7. The van der Waals surface area contributed by atoms with E-state index in [4.69, 9.17) is 9.47 Å². The number of aromatic nitrogens is 2. The van der Waals surface area contributed by atoms with Gasteiger partial charge in [-0.3, -0.25) is 4.79 Å². The number of amides is 1. The highest BCUT2D eigenvalue weighted by molar-refractivity contribution is 6.04. The van der Waals surface area contributed by atoms with E-state index in [1.807, 2.05) is 0 Å². The predicted octanol–water partition coefficient (Wildman–Crippen LogP) is 3.12. The molecule has 0 atom stereocenters. The van der Waals surface area contributed by atoms with E-state index in [2.05, 4.69) is 34.4 Å². The van der Waals surface area contributed by atoms with Crippen LogP contribution in [0.25, 0.3) is 0 Å². The molecule has 0 saturated heterocycles. The Morgan fingerprint density at radius 2 is 1.92 bits per heavy atom. The topological polar surface area (TPSA) is 85.4 Å². The first-order valence-electron chi connectivity index (χ1n) is 8.06. The van der Waals surface area contributed by atoms with Crippen LogP contribution in [0.2, 0.25) is 0 Å². The van der Waals surface area contributed by atoms with Gasteiger partial charge in [-0.25, -0.2) is 9.97 Å². The zero-order valence-corrected chi connectivity index (χ0v) is 15.2. The first-order valence-corrected chi connectivity index (χ1v) is 8.06. The summed E-state index contributed by atoms with van der Waals surface area (Å²) in [4.78, 5) is 21.1. The molecule has 0 saturated carbocycles. The normalized spacial score (nSPS) is 10.5. The van der Waals surface area contributed by atoms with Gasteiger partial charge in [-0.05, 0) is 25.0 Å². The van der Waals surface area contributed by atoms with Crippen LogP contribution >= 0.6 is 0 Å². The zero-order valence-electron chi connectivity index (χ0n) is 15.2. The van der Waals surface area contributed by atoms with E-state index in [-0.39, 0.29) is 11.6 Å². The molecule has 0 unspecified atom stereocenters. The standard InChI is InChI=1S/C18H24N4O3/c1-11(2)10-19-17-9-15(20-12(3)21-17)18(23)22-14-8-13(24-4)6-7-16(14)25-5/h6-9,11H,10H2,1-5H3,(H,22,23)(H,19,20,21). The maximum Gasteiger partial charge on any atom is 0.274 e. The lowest BCUT2D eigenvalue weighted by Crippen LogP contribution is -2.17. The van der Waals surface area contributed by atoms with E-state index in [9.17, 15) is 4.79 Å². The summed E-state index contributed by atoms with van der Waals surface area (Å²) < 4.78 is 10.5. The Balaban J connectivity index is 2.23. The van der Waals surface area contributed by atoms with Gasteiger partial charge < -0.3 is 20.1 Å². The predicted molar refractivity (Wildman–Crippen MR) is 97.6 cm³/mol. The fourth-order valence-electron chi connectivity index (χ4n) is 2.18. The van der Waals surface area contributed by atoms with E-state index in [0.29, 0.717) is 34.7 Å². The number of hydrogen-bond donors (Lipinski definition) is 2. The molecule has 134 valence electrons. The Morgan fingerprint density at radius 1 is 1.16 bits per heavy atom. The van der Waals surface area contributed by atoms with Crippen molar-refractivity contribution in [2.75, 3.05) is 31.4 Å². The minimum absolute atomic E-state index is 0.281. The fraction of sp³-hybridized carbons (Fsp3) is 0.389. The number of aryl methyl sites for hydroxylation is 1. The average molecular weight is 344 g/mol. The Kier molecular flexibility index (Phi) is 6.16. The number of carbonyl (C=O) groups excluding carboxylic acids is 1. The molecule has 7 nitrogen and oxygen atoms in total. The number of carbonyl (C=O) groups is 1. The monoisotopic (exact) mass is 344 g/mol. The molecule has 1 amide bonds. The smallest absolute Gasteiger partial charge is 0.274 e. The summed E-state index contributed by atoms with van der Waals surface area (Å²) in [6.45, 7) is 6.72. The van der Waals surface area contributed by atoms with Crippen LogP contribution in [0.1, 0.15) is 30.2 Å². The van der Waals surface area contributed by atoms with Gasteiger partial charge in [0.05, 0.1) is 19.9 Å². The molecule has 0 aliphatic heterocycles. The number of nitrogens with one attached hydrogen (secondary N) is 2. The molecule has 0 aliphatic carbocycles. The molecule has 0 fully saturated rings. The van der Waals surface area contributed by atoms with Crippen LogP contribution in [-0.2, 0) is 0 Å². The van der Waals surface area contributed by atoms with Gasteiger partial charge in [0.15, 0.2) is 0 Å². The van der Waals surface area contributed by atoms with Crippen molar-refractivity contribution in [3.63, 3.8) is 0 Å². The summed E-state index contributed by atoms with van der Waals surface area (Å²) in [5.41, 5.74) is 0.795. The lowest BCUT2D eigenvalue weighted by atomic mass is 10.2. The van der Waals surface area contributed by atoms with Gasteiger partial charge in [-0.2, -0.15) is 0 Å². The Hall–Kier alpha value is -2.83. The second-order valence-corrected chi connectivity index (χ2v) is 5.98. The van der Waals surface area contributed by atoms with Gasteiger partial charge >= 0.3 is 0 Å². The Labute approximate surface area is 147 Å². The Bertz CT molecular complexity index is 747. The van der Waals surface area contributed by atoms with Gasteiger partial charge in [-0.1, -0.05) is 13.8 Å². The second kappa shape index (κ2) is 8.32. The third-order valence-electron chi connectivity index (χ3n) is 3.42. The zero-order chi connectivity index (χ0) is 18.4. The van der Waals surface area contributed by atoms with Gasteiger partial charge in [0.25, 0.3) is 5.91 Å². The van der Waals surface area contributed by atoms with Crippen molar-refractivity contribution in [2.24, 2.45) is 5.92 Å². The largest absolute Gasteiger partial charge is 0.497 e. The summed E-state index contributed by atoms with van der Waals surface area (Å²) >= 11 is 0. The van der Waals surface area contributed by atoms with Crippen LogP contribution in [-0.4, -0.2) is 36.6 Å². The quantitative estimate of drug-likeness (QED) is 0.803. The van der Waals surface area contributed by atoms with Crippen LogP contribution in [0.5, 0.6) is 11.5 Å². The highest BCUT2D eigenvalue weighted by Gasteiger charge is 2.14. The summed E-state index contributed by atoms with van der Waals surface area (Å²) in [7, 11) is 3.11. The lowest BCUT2D eigenvalue weighted by Gasteiger charge is -2.13. The molecule has 1 aromatic heterocycles. The fourth-order valence-corrected chi connectivity index (χ4v) is 2.18. The number of methoxy groups -OCH3 is 2. The van der Waals surface area contributed by atoms with Crippen LogP contribution in [0, 0.1) is 12.8 Å². The lowest BCUT2D eigenvalue weighted by molar-refractivity contribution is 0.102. The van der Waals surface area contributed by atoms with Crippen LogP contribution in [0.3, 0.4) is 0 Å². The molecular weight excluding hydrogens is 320 g/mol. The molecular formula is C18H24N4O3. The average Bonchev–Trinajstić information content (AvgIpc) is 2.59.